The molecule has 3 N–H and O–H groups in total. The molecule has 0 amide bonds. The predicted octanol–water partition coefficient (Wildman–Crippen LogP) is 2.56. The molecular weight excluding hydrogens is 258 g/mol. The van der Waals surface area contributed by atoms with Crippen molar-refractivity contribution in [3.05, 3.63) is 10.5 Å². The summed E-state index contributed by atoms with van der Waals surface area (Å²) in [5.74, 6) is 0.794. The molecule has 1 aliphatic heterocycles. The van der Waals surface area contributed by atoms with Crippen LogP contribution in [-0.2, 0) is 0 Å². The predicted molar refractivity (Wildman–Crippen MR) is 79.9 cm³/mol. The van der Waals surface area contributed by atoms with Gasteiger partial charge in [-0.15, -0.1) is 0 Å². The molecule has 1 aliphatic rings. The highest BCUT2D eigenvalue weighted by atomic mass is 32.1. The number of rotatable bonds is 2. The van der Waals surface area contributed by atoms with E-state index in [0.29, 0.717) is 10.8 Å². The number of hydrogen-bond acceptors (Lipinski definition) is 5. The highest BCUT2D eigenvalue weighted by molar-refractivity contribution is 7.71. The van der Waals surface area contributed by atoms with Gasteiger partial charge < -0.3 is 10.6 Å². The van der Waals surface area contributed by atoms with E-state index in [-0.39, 0.29) is 11.1 Å². The third-order valence-electron chi connectivity index (χ3n) is 3.41. The zero-order chi connectivity index (χ0) is 14.3. The van der Waals surface area contributed by atoms with Gasteiger partial charge in [-0.05, 0) is 59.7 Å². The summed E-state index contributed by atoms with van der Waals surface area (Å²) in [4.78, 5) is 4.33. The lowest BCUT2D eigenvalue weighted by molar-refractivity contribution is 0.170. The maximum absolute atomic E-state index is 5.04. The Hall–Kier alpha value is -1.01. The molecule has 0 bridgehead atoms. The second-order valence-electron chi connectivity index (χ2n) is 6.72. The first kappa shape index (κ1) is 14.4. The van der Waals surface area contributed by atoms with Crippen LogP contribution in [0, 0.1) is 11.7 Å². The molecule has 0 radical (unpaired) electrons. The van der Waals surface area contributed by atoms with Gasteiger partial charge >= 0.3 is 0 Å². The molecule has 0 aromatic carbocycles. The molecule has 1 saturated heterocycles. The standard InChI is InChI=1S/C13H23N5S/c1-8-10(15-11(19)17-16-8)14-9-6-12(2,3)18-13(4,5)7-9/h9,18H,6-7H2,1-5H3,(H2,14,15,17,19). The van der Waals surface area contributed by atoms with Crippen LogP contribution in [0.15, 0.2) is 0 Å². The molecule has 0 unspecified atom stereocenters. The van der Waals surface area contributed by atoms with Crippen LogP contribution in [0.25, 0.3) is 0 Å². The van der Waals surface area contributed by atoms with Crippen molar-refractivity contribution < 1.29 is 0 Å². The summed E-state index contributed by atoms with van der Waals surface area (Å²) in [7, 11) is 0. The van der Waals surface area contributed by atoms with Crippen molar-refractivity contribution in [2.75, 3.05) is 5.32 Å². The van der Waals surface area contributed by atoms with Gasteiger partial charge in [0.05, 0.1) is 5.69 Å². The Labute approximate surface area is 119 Å². The Morgan fingerprint density at radius 1 is 1.21 bits per heavy atom. The highest BCUT2D eigenvalue weighted by Gasteiger charge is 2.37. The first-order valence-electron chi connectivity index (χ1n) is 6.66. The summed E-state index contributed by atoms with van der Waals surface area (Å²) >= 11 is 5.04. The summed E-state index contributed by atoms with van der Waals surface area (Å²) in [6.45, 7) is 10.9. The first-order chi connectivity index (χ1) is 8.67. The number of aryl methyl sites for hydroxylation is 1. The van der Waals surface area contributed by atoms with E-state index in [0.717, 1.165) is 24.4 Å². The smallest absolute Gasteiger partial charge is 0.215 e. The van der Waals surface area contributed by atoms with Gasteiger partial charge in [0, 0.05) is 17.1 Å². The van der Waals surface area contributed by atoms with Gasteiger partial charge in [-0.3, -0.25) is 5.10 Å². The number of aromatic nitrogens is 3. The van der Waals surface area contributed by atoms with E-state index < -0.39 is 0 Å². The second-order valence-corrected chi connectivity index (χ2v) is 7.10. The number of anilines is 1. The fraction of sp³-hybridized carbons (Fsp3) is 0.769. The van der Waals surface area contributed by atoms with Crippen molar-refractivity contribution in [1.82, 2.24) is 20.5 Å². The van der Waals surface area contributed by atoms with Crippen LogP contribution < -0.4 is 10.6 Å². The van der Waals surface area contributed by atoms with Crippen LogP contribution in [0.5, 0.6) is 0 Å². The van der Waals surface area contributed by atoms with Gasteiger partial charge in [0.2, 0.25) is 4.77 Å². The maximum atomic E-state index is 5.04. The molecular formula is C13H23N5S. The Balaban J connectivity index is 2.18. The molecule has 0 aliphatic carbocycles. The van der Waals surface area contributed by atoms with E-state index in [9.17, 15) is 0 Å². The first-order valence-corrected chi connectivity index (χ1v) is 7.07. The number of nitrogens with zero attached hydrogens (tertiary/aromatic N) is 2. The Morgan fingerprint density at radius 3 is 2.37 bits per heavy atom. The van der Waals surface area contributed by atoms with Crippen molar-refractivity contribution in [3.63, 3.8) is 0 Å². The van der Waals surface area contributed by atoms with E-state index in [2.05, 4.69) is 53.5 Å². The topological polar surface area (TPSA) is 65.6 Å². The molecule has 1 fully saturated rings. The maximum Gasteiger partial charge on any atom is 0.215 e. The van der Waals surface area contributed by atoms with E-state index in [1.54, 1.807) is 0 Å². The molecule has 1 aromatic heterocycles. The van der Waals surface area contributed by atoms with E-state index >= 15 is 0 Å². The summed E-state index contributed by atoms with van der Waals surface area (Å²) in [5.41, 5.74) is 1.07. The molecule has 0 atom stereocenters. The van der Waals surface area contributed by atoms with Crippen molar-refractivity contribution in [2.45, 2.75) is 64.6 Å². The summed E-state index contributed by atoms with van der Waals surface area (Å²) < 4.78 is 0.417. The quantitative estimate of drug-likeness (QED) is 0.727. The van der Waals surface area contributed by atoms with Crippen molar-refractivity contribution >= 4 is 18.0 Å². The average molecular weight is 281 g/mol. The van der Waals surface area contributed by atoms with Crippen LogP contribution >= 0.6 is 12.2 Å². The Kier molecular flexibility index (Phi) is 3.66. The molecule has 19 heavy (non-hydrogen) atoms. The van der Waals surface area contributed by atoms with E-state index in [1.165, 1.54) is 0 Å². The van der Waals surface area contributed by atoms with Gasteiger partial charge in [-0.25, -0.2) is 0 Å². The number of aromatic amines is 1. The minimum Gasteiger partial charge on any atom is -0.366 e. The molecule has 6 heteroatoms. The zero-order valence-corrected chi connectivity index (χ0v) is 13.1. The highest BCUT2D eigenvalue weighted by Crippen LogP contribution is 2.30. The average Bonchev–Trinajstić information content (AvgIpc) is 2.18. The summed E-state index contributed by atoms with van der Waals surface area (Å²) in [6.07, 6.45) is 2.09. The molecule has 1 aromatic rings. The normalized spacial score (nSPS) is 22.2. The van der Waals surface area contributed by atoms with Gasteiger partial charge in [-0.1, -0.05) is 0 Å². The monoisotopic (exact) mass is 281 g/mol. The van der Waals surface area contributed by atoms with Crippen molar-refractivity contribution in [1.29, 1.82) is 0 Å². The van der Waals surface area contributed by atoms with Crippen LogP contribution in [0.3, 0.4) is 0 Å². The van der Waals surface area contributed by atoms with Crippen LogP contribution in [-0.4, -0.2) is 32.3 Å². The van der Waals surface area contributed by atoms with Crippen LogP contribution in [0.2, 0.25) is 0 Å². The van der Waals surface area contributed by atoms with Gasteiger partial charge in [0.15, 0.2) is 5.82 Å². The largest absolute Gasteiger partial charge is 0.366 e. The van der Waals surface area contributed by atoms with Gasteiger partial charge in [-0.2, -0.15) is 10.1 Å². The number of hydrogen-bond donors (Lipinski definition) is 3. The summed E-state index contributed by atoms with van der Waals surface area (Å²) in [6, 6.07) is 0.371. The third kappa shape index (κ3) is 3.73. The lowest BCUT2D eigenvalue weighted by Crippen LogP contribution is -2.60. The minimum absolute atomic E-state index is 0.110. The minimum atomic E-state index is 0.110. The van der Waals surface area contributed by atoms with E-state index in [4.69, 9.17) is 12.2 Å². The van der Waals surface area contributed by atoms with Crippen LogP contribution in [0.1, 0.15) is 46.2 Å². The molecule has 106 valence electrons. The van der Waals surface area contributed by atoms with E-state index in [1.807, 2.05) is 6.92 Å². The Morgan fingerprint density at radius 2 is 1.79 bits per heavy atom. The SMILES string of the molecule is Cc1n[nH]c(=S)nc1NC1CC(C)(C)NC(C)(C)C1. The molecule has 0 saturated carbocycles. The lowest BCUT2D eigenvalue weighted by atomic mass is 9.79. The number of H-pyrrole nitrogens is 1. The van der Waals surface area contributed by atoms with Crippen molar-refractivity contribution in [2.24, 2.45) is 0 Å². The molecule has 0 spiro atoms. The second kappa shape index (κ2) is 4.83. The zero-order valence-electron chi connectivity index (χ0n) is 12.3. The number of piperidine rings is 1. The third-order valence-corrected chi connectivity index (χ3v) is 3.59. The molecule has 5 nitrogen and oxygen atoms in total. The van der Waals surface area contributed by atoms with Gasteiger partial charge in [0.1, 0.15) is 0 Å². The lowest BCUT2D eigenvalue weighted by Gasteiger charge is -2.46. The van der Waals surface area contributed by atoms with Gasteiger partial charge in [0.25, 0.3) is 0 Å². The van der Waals surface area contributed by atoms with Crippen LogP contribution in [0.4, 0.5) is 5.82 Å². The van der Waals surface area contributed by atoms with Crippen molar-refractivity contribution in [3.8, 4) is 0 Å². The fourth-order valence-electron chi connectivity index (χ4n) is 3.15. The number of nitrogens with one attached hydrogen (secondary N) is 3. The Bertz CT molecular complexity index is 504. The molecule has 2 rings (SSSR count). The fourth-order valence-corrected chi connectivity index (χ4v) is 3.28. The molecule has 2 heterocycles. The summed E-state index contributed by atoms with van der Waals surface area (Å²) in [5, 5.41) is 14.0.